The molecule has 0 bridgehead atoms. The fraction of sp³-hybridized carbons (Fsp3) is 0.286. The maximum absolute atomic E-state index is 12.1. The molecule has 0 saturated carbocycles. The molecule has 2 aromatic rings. The van der Waals surface area contributed by atoms with Crippen molar-refractivity contribution in [2.75, 3.05) is 0 Å². The number of carbonyl (C=O) groups is 2. The normalized spacial score (nSPS) is 12.0. The van der Waals surface area contributed by atoms with E-state index >= 15 is 0 Å². The second-order valence-corrected chi connectivity index (χ2v) is 5.85. The van der Waals surface area contributed by atoms with Gasteiger partial charge in [0.15, 0.2) is 0 Å². The van der Waals surface area contributed by atoms with E-state index in [2.05, 4.69) is 15.3 Å². The molecular formula is C14H15N3O3S. The van der Waals surface area contributed by atoms with Crippen molar-refractivity contribution in [3.63, 3.8) is 0 Å². The Morgan fingerprint density at radius 3 is 2.52 bits per heavy atom. The number of carbonyl (C=O) groups excluding carboxylic acids is 1. The molecule has 0 aromatic carbocycles. The van der Waals surface area contributed by atoms with E-state index in [4.69, 9.17) is 5.11 Å². The van der Waals surface area contributed by atoms with Crippen LogP contribution in [0.4, 0.5) is 0 Å². The van der Waals surface area contributed by atoms with Crippen molar-refractivity contribution in [1.29, 1.82) is 0 Å². The van der Waals surface area contributed by atoms with Crippen molar-refractivity contribution >= 4 is 23.2 Å². The van der Waals surface area contributed by atoms with Gasteiger partial charge in [-0.3, -0.25) is 9.78 Å². The third-order valence-electron chi connectivity index (χ3n) is 2.92. The summed E-state index contributed by atoms with van der Waals surface area (Å²) < 4.78 is 0. The van der Waals surface area contributed by atoms with Gasteiger partial charge in [0.05, 0.1) is 22.3 Å². The summed E-state index contributed by atoms with van der Waals surface area (Å²) >= 11 is 1.54. The molecule has 7 heteroatoms. The summed E-state index contributed by atoms with van der Waals surface area (Å²) in [6.45, 7) is 5.70. The van der Waals surface area contributed by atoms with Crippen molar-refractivity contribution in [2.45, 2.75) is 26.8 Å². The average molecular weight is 305 g/mol. The summed E-state index contributed by atoms with van der Waals surface area (Å²) in [4.78, 5) is 32.0. The smallest absolute Gasteiger partial charge is 0.337 e. The largest absolute Gasteiger partial charge is 0.478 e. The first-order chi connectivity index (χ1) is 9.88. The predicted octanol–water partition coefficient (Wildman–Crippen LogP) is 2.34. The second kappa shape index (κ2) is 6.01. The minimum Gasteiger partial charge on any atom is -0.478 e. The molecule has 1 atom stereocenters. The number of aromatic carboxylic acids is 1. The molecule has 1 amide bonds. The van der Waals surface area contributed by atoms with Crippen molar-refractivity contribution in [3.05, 3.63) is 45.2 Å². The number of carboxylic acid groups (broad SMARTS) is 1. The molecule has 2 N–H and O–H groups in total. The van der Waals surface area contributed by atoms with E-state index in [0.717, 1.165) is 15.6 Å². The van der Waals surface area contributed by atoms with Crippen LogP contribution in [-0.4, -0.2) is 27.0 Å². The van der Waals surface area contributed by atoms with Crippen LogP contribution in [0.1, 0.15) is 49.4 Å². The molecule has 2 heterocycles. The van der Waals surface area contributed by atoms with Crippen LogP contribution in [0.5, 0.6) is 0 Å². The summed E-state index contributed by atoms with van der Waals surface area (Å²) in [7, 11) is 0. The van der Waals surface area contributed by atoms with Crippen LogP contribution in [-0.2, 0) is 0 Å². The van der Waals surface area contributed by atoms with Gasteiger partial charge < -0.3 is 10.4 Å². The van der Waals surface area contributed by atoms with Crippen LogP contribution in [0.25, 0.3) is 0 Å². The molecule has 21 heavy (non-hydrogen) atoms. The minimum atomic E-state index is -1.07. The van der Waals surface area contributed by atoms with E-state index < -0.39 is 5.97 Å². The van der Waals surface area contributed by atoms with E-state index in [1.54, 1.807) is 11.3 Å². The number of hydrogen-bond donors (Lipinski definition) is 2. The van der Waals surface area contributed by atoms with Gasteiger partial charge >= 0.3 is 5.97 Å². The third kappa shape index (κ3) is 3.43. The van der Waals surface area contributed by atoms with Crippen molar-refractivity contribution < 1.29 is 14.7 Å². The Balaban J connectivity index is 2.10. The molecule has 6 nitrogen and oxygen atoms in total. The SMILES string of the molecule is Cc1nc(C)c(C(C)NC(=O)c2ccc(C(=O)O)cn2)s1. The number of nitrogens with one attached hydrogen (secondary N) is 1. The van der Waals surface area contributed by atoms with Gasteiger partial charge in [0.25, 0.3) is 5.91 Å². The minimum absolute atomic E-state index is 0.0496. The Morgan fingerprint density at radius 2 is 2.05 bits per heavy atom. The van der Waals surface area contributed by atoms with Gasteiger partial charge in [-0.2, -0.15) is 0 Å². The zero-order valence-electron chi connectivity index (χ0n) is 11.9. The number of hydrogen-bond acceptors (Lipinski definition) is 5. The number of aromatic nitrogens is 2. The summed E-state index contributed by atoms with van der Waals surface area (Å²) in [6, 6.07) is 2.58. The number of nitrogens with zero attached hydrogens (tertiary/aromatic N) is 2. The zero-order valence-corrected chi connectivity index (χ0v) is 12.7. The fourth-order valence-electron chi connectivity index (χ4n) is 1.94. The zero-order chi connectivity index (χ0) is 15.6. The lowest BCUT2D eigenvalue weighted by molar-refractivity contribution is 0.0695. The predicted molar refractivity (Wildman–Crippen MR) is 78.7 cm³/mol. The lowest BCUT2D eigenvalue weighted by Crippen LogP contribution is -2.27. The first kappa shape index (κ1) is 15.1. The average Bonchev–Trinajstić information content (AvgIpc) is 2.77. The quantitative estimate of drug-likeness (QED) is 0.904. The van der Waals surface area contributed by atoms with Crippen LogP contribution in [0, 0.1) is 13.8 Å². The topological polar surface area (TPSA) is 92.2 Å². The summed E-state index contributed by atoms with van der Waals surface area (Å²) in [6.07, 6.45) is 1.17. The molecule has 0 fully saturated rings. The molecule has 0 radical (unpaired) electrons. The Hall–Kier alpha value is -2.28. The van der Waals surface area contributed by atoms with E-state index in [9.17, 15) is 9.59 Å². The van der Waals surface area contributed by atoms with Crippen molar-refractivity contribution in [3.8, 4) is 0 Å². The molecule has 1 unspecified atom stereocenters. The van der Waals surface area contributed by atoms with Gasteiger partial charge in [-0.25, -0.2) is 9.78 Å². The molecule has 0 aliphatic carbocycles. The van der Waals surface area contributed by atoms with Gasteiger partial charge in [0.1, 0.15) is 5.69 Å². The molecular weight excluding hydrogens is 290 g/mol. The van der Waals surface area contributed by atoms with E-state index in [0.29, 0.717) is 0 Å². The Kier molecular flexibility index (Phi) is 4.32. The highest BCUT2D eigenvalue weighted by atomic mass is 32.1. The number of amides is 1. The number of carboxylic acids is 1. The maximum atomic E-state index is 12.1. The first-order valence-electron chi connectivity index (χ1n) is 6.32. The lowest BCUT2D eigenvalue weighted by Gasteiger charge is -2.12. The first-order valence-corrected chi connectivity index (χ1v) is 7.14. The van der Waals surface area contributed by atoms with Crippen LogP contribution < -0.4 is 5.32 Å². The van der Waals surface area contributed by atoms with Crippen LogP contribution >= 0.6 is 11.3 Å². The maximum Gasteiger partial charge on any atom is 0.337 e. The van der Waals surface area contributed by atoms with Gasteiger partial charge in [-0.15, -0.1) is 11.3 Å². The van der Waals surface area contributed by atoms with Crippen molar-refractivity contribution in [2.24, 2.45) is 0 Å². The lowest BCUT2D eigenvalue weighted by atomic mass is 10.2. The van der Waals surface area contributed by atoms with Crippen LogP contribution in [0.15, 0.2) is 18.3 Å². The Morgan fingerprint density at radius 1 is 1.33 bits per heavy atom. The monoisotopic (exact) mass is 305 g/mol. The number of aryl methyl sites for hydroxylation is 2. The highest BCUT2D eigenvalue weighted by Gasteiger charge is 2.17. The number of rotatable bonds is 4. The highest BCUT2D eigenvalue weighted by molar-refractivity contribution is 7.11. The van der Waals surface area contributed by atoms with Gasteiger partial charge in [-0.05, 0) is 32.9 Å². The van der Waals surface area contributed by atoms with Crippen LogP contribution in [0.2, 0.25) is 0 Å². The molecule has 110 valence electrons. The number of thiazole rings is 1. The standard InChI is InChI=1S/C14H15N3O3S/c1-7-12(21-9(3)16-7)8(2)17-13(18)11-5-4-10(6-15-11)14(19)20/h4-6,8H,1-3H3,(H,17,18)(H,19,20). The fourth-order valence-corrected chi connectivity index (χ4v) is 2.87. The molecule has 0 aliphatic rings. The van der Waals surface area contributed by atoms with E-state index in [1.807, 2.05) is 20.8 Å². The second-order valence-electron chi connectivity index (χ2n) is 4.61. The summed E-state index contributed by atoms with van der Waals surface area (Å²) in [5, 5.41) is 12.6. The van der Waals surface area contributed by atoms with Crippen molar-refractivity contribution in [1.82, 2.24) is 15.3 Å². The molecule has 2 aromatic heterocycles. The third-order valence-corrected chi connectivity index (χ3v) is 4.18. The van der Waals surface area contributed by atoms with Crippen LogP contribution in [0.3, 0.4) is 0 Å². The summed E-state index contributed by atoms with van der Waals surface area (Å²) in [5.41, 5.74) is 1.14. The van der Waals surface area contributed by atoms with Gasteiger partial charge in [-0.1, -0.05) is 0 Å². The molecule has 0 saturated heterocycles. The molecule has 0 spiro atoms. The van der Waals surface area contributed by atoms with Gasteiger partial charge in [0.2, 0.25) is 0 Å². The van der Waals surface area contributed by atoms with Gasteiger partial charge in [0, 0.05) is 11.1 Å². The summed E-state index contributed by atoms with van der Waals surface area (Å²) in [5.74, 6) is -1.41. The Labute approximate surface area is 125 Å². The number of pyridine rings is 1. The van der Waals surface area contributed by atoms with E-state index in [1.165, 1.54) is 18.3 Å². The van der Waals surface area contributed by atoms with E-state index in [-0.39, 0.29) is 23.2 Å². The molecule has 2 rings (SSSR count). The highest BCUT2D eigenvalue weighted by Crippen LogP contribution is 2.24. The Bertz CT molecular complexity index is 679. The molecule has 0 aliphatic heterocycles.